The number of fused-ring (bicyclic) bond motifs is 9. The van der Waals surface area contributed by atoms with E-state index >= 15 is 0 Å². The predicted octanol–water partition coefficient (Wildman–Crippen LogP) is 13.9. The smallest absolute Gasteiger partial charge is 0.136 e. The molecule has 0 spiro atoms. The quantitative estimate of drug-likeness (QED) is 0.186. The Balaban J connectivity index is 1.14. The van der Waals surface area contributed by atoms with Crippen LogP contribution < -0.4 is 4.90 Å². The van der Waals surface area contributed by atoms with Crippen LogP contribution in [0, 0.1) is 0 Å². The van der Waals surface area contributed by atoms with Gasteiger partial charge in [-0.25, -0.2) is 0 Å². The topological polar surface area (TPSA) is 16.4 Å². The van der Waals surface area contributed by atoms with Crippen molar-refractivity contribution < 1.29 is 4.42 Å². The first kappa shape index (κ1) is 27.9. The molecule has 0 amide bonds. The maximum atomic E-state index is 6.49. The minimum absolute atomic E-state index is 0.898. The van der Waals surface area contributed by atoms with Crippen molar-refractivity contribution in [3.8, 4) is 22.3 Å². The second-order valence-electron chi connectivity index (χ2n) is 12.5. The van der Waals surface area contributed by atoms with Crippen LogP contribution >= 0.6 is 11.3 Å². The van der Waals surface area contributed by atoms with Crippen LogP contribution in [-0.4, -0.2) is 0 Å². The number of hydrogen-bond donors (Lipinski definition) is 0. The molecule has 10 rings (SSSR count). The van der Waals surface area contributed by atoms with Gasteiger partial charge in [0, 0.05) is 48.0 Å². The summed E-state index contributed by atoms with van der Waals surface area (Å²) in [6, 6.07) is 63.0. The van der Waals surface area contributed by atoms with Crippen LogP contribution in [0.15, 0.2) is 180 Å². The van der Waals surface area contributed by atoms with Crippen molar-refractivity contribution in [2.45, 2.75) is 0 Å². The molecule has 0 unspecified atom stereocenters. The van der Waals surface area contributed by atoms with Crippen molar-refractivity contribution in [1.29, 1.82) is 0 Å². The van der Waals surface area contributed by atoms with Gasteiger partial charge in [-0.3, -0.25) is 0 Å². The Morgan fingerprint density at radius 3 is 1.78 bits per heavy atom. The summed E-state index contributed by atoms with van der Waals surface area (Å²) in [5, 5.41) is 7.45. The van der Waals surface area contributed by atoms with E-state index < -0.39 is 0 Å². The third kappa shape index (κ3) is 4.55. The average Bonchev–Trinajstić information content (AvgIpc) is 3.74. The second kappa shape index (κ2) is 11.2. The first-order valence-corrected chi connectivity index (χ1v) is 17.4. The van der Waals surface area contributed by atoms with E-state index in [1.807, 2.05) is 11.3 Å². The Bertz CT molecular complexity index is 2810. The Morgan fingerprint density at radius 1 is 0.388 bits per heavy atom. The molecule has 0 fully saturated rings. The van der Waals surface area contributed by atoms with Gasteiger partial charge in [0.15, 0.2) is 0 Å². The van der Waals surface area contributed by atoms with Crippen molar-refractivity contribution >= 4 is 81.3 Å². The van der Waals surface area contributed by atoms with E-state index in [0.717, 1.165) is 33.6 Å². The standard InChI is InChI=1S/C46H29NOS/c1-3-11-30(12-4-1)36-16-9-10-17-37(36)32-19-22-34(23-20-32)47(33-14-5-2-6-15-33)35-24-27-42-41(29-35)44-43(48-42)28-26-40-39-25-21-31-13-7-8-18-38(31)45(39)49-46(40)44/h1-29H. The van der Waals surface area contributed by atoms with Crippen molar-refractivity contribution in [2.24, 2.45) is 0 Å². The molecular weight excluding hydrogens is 615 g/mol. The number of benzene rings is 8. The zero-order valence-corrected chi connectivity index (χ0v) is 27.3. The summed E-state index contributed by atoms with van der Waals surface area (Å²) < 4.78 is 9.09. The van der Waals surface area contributed by atoms with E-state index in [-0.39, 0.29) is 0 Å². The molecule has 0 saturated carbocycles. The maximum Gasteiger partial charge on any atom is 0.136 e. The molecule has 0 radical (unpaired) electrons. The molecule has 10 aromatic rings. The number of nitrogens with zero attached hydrogens (tertiary/aromatic N) is 1. The molecule has 49 heavy (non-hydrogen) atoms. The third-order valence-electron chi connectivity index (χ3n) is 9.67. The molecule has 0 N–H and O–H groups in total. The van der Waals surface area contributed by atoms with Crippen LogP contribution in [0.5, 0.6) is 0 Å². The molecule has 0 aliphatic carbocycles. The molecule has 2 aromatic heterocycles. The van der Waals surface area contributed by atoms with Gasteiger partial charge in [-0.2, -0.15) is 0 Å². The largest absolute Gasteiger partial charge is 0.456 e. The molecule has 230 valence electrons. The zero-order chi connectivity index (χ0) is 32.3. The lowest BCUT2D eigenvalue weighted by atomic mass is 9.94. The summed E-state index contributed by atoms with van der Waals surface area (Å²) in [6.07, 6.45) is 0. The van der Waals surface area contributed by atoms with E-state index in [0.29, 0.717) is 0 Å². The number of thiophene rings is 1. The number of rotatable bonds is 5. The van der Waals surface area contributed by atoms with Crippen LogP contribution in [0.4, 0.5) is 17.1 Å². The number of anilines is 3. The zero-order valence-electron chi connectivity index (χ0n) is 26.5. The van der Waals surface area contributed by atoms with Gasteiger partial charge in [0.1, 0.15) is 11.2 Å². The van der Waals surface area contributed by atoms with Gasteiger partial charge >= 0.3 is 0 Å². The average molecular weight is 644 g/mol. The van der Waals surface area contributed by atoms with Crippen molar-refractivity contribution in [3.05, 3.63) is 176 Å². The highest BCUT2D eigenvalue weighted by atomic mass is 32.1. The maximum absolute atomic E-state index is 6.49. The minimum Gasteiger partial charge on any atom is -0.456 e. The van der Waals surface area contributed by atoms with Gasteiger partial charge in [-0.15, -0.1) is 11.3 Å². The third-order valence-corrected chi connectivity index (χ3v) is 10.9. The molecule has 3 heteroatoms. The van der Waals surface area contributed by atoms with E-state index in [9.17, 15) is 0 Å². The van der Waals surface area contributed by atoms with E-state index in [1.165, 1.54) is 58.6 Å². The van der Waals surface area contributed by atoms with Crippen LogP contribution in [0.1, 0.15) is 0 Å². The molecule has 2 nitrogen and oxygen atoms in total. The first-order valence-electron chi connectivity index (χ1n) is 16.6. The fourth-order valence-corrected chi connectivity index (χ4v) is 8.76. The highest BCUT2D eigenvalue weighted by molar-refractivity contribution is 7.27. The Morgan fingerprint density at radius 2 is 0.980 bits per heavy atom. The van der Waals surface area contributed by atoms with E-state index in [1.54, 1.807) is 0 Å². The SMILES string of the molecule is c1ccc(-c2ccccc2-c2ccc(N(c3ccccc3)c3ccc4oc5ccc6c7ccc8ccccc8c7sc6c5c4c3)cc2)cc1. The van der Waals surface area contributed by atoms with Crippen molar-refractivity contribution in [1.82, 2.24) is 0 Å². The lowest BCUT2D eigenvalue weighted by molar-refractivity contribution is 0.669. The van der Waals surface area contributed by atoms with Crippen molar-refractivity contribution in [2.75, 3.05) is 4.90 Å². The highest BCUT2D eigenvalue weighted by Gasteiger charge is 2.19. The molecule has 0 saturated heterocycles. The van der Waals surface area contributed by atoms with Crippen LogP contribution in [0.3, 0.4) is 0 Å². The van der Waals surface area contributed by atoms with Crippen LogP contribution in [0.2, 0.25) is 0 Å². The predicted molar refractivity (Wildman–Crippen MR) is 210 cm³/mol. The van der Waals surface area contributed by atoms with Gasteiger partial charge in [-0.05, 0) is 87.6 Å². The summed E-state index contributed by atoms with van der Waals surface area (Å²) in [6.45, 7) is 0. The fraction of sp³-hybridized carbons (Fsp3) is 0. The molecule has 0 atom stereocenters. The molecule has 2 heterocycles. The summed E-state index contributed by atoms with van der Waals surface area (Å²) in [7, 11) is 0. The fourth-order valence-electron chi connectivity index (χ4n) is 7.37. The summed E-state index contributed by atoms with van der Waals surface area (Å²) in [5.41, 5.74) is 9.96. The van der Waals surface area contributed by atoms with Gasteiger partial charge in [0.25, 0.3) is 0 Å². The van der Waals surface area contributed by atoms with Gasteiger partial charge in [-0.1, -0.05) is 121 Å². The molecule has 0 aliphatic rings. The lowest BCUT2D eigenvalue weighted by Gasteiger charge is -2.26. The molecule has 0 bridgehead atoms. The van der Waals surface area contributed by atoms with Gasteiger partial charge < -0.3 is 9.32 Å². The van der Waals surface area contributed by atoms with E-state index in [4.69, 9.17) is 4.42 Å². The molecular formula is C46H29NOS. The van der Waals surface area contributed by atoms with Crippen molar-refractivity contribution in [3.63, 3.8) is 0 Å². The Hall–Kier alpha value is -6.16. The Labute approximate surface area is 287 Å². The summed E-state index contributed by atoms with van der Waals surface area (Å²) in [5.74, 6) is 0. The molecule has 8 aromatic carbocycles. The number of hydrogen-bond acceptors (Lipinski definition) is 3. The number of para-hydroxylation sites is 1. The minimum atomic E-state index is 0.898. The normalized spacial score (nSPS) is 11.7. The highest BCUT2D eigenvalue weighted by Crippen LogP contribution is 2.46. The number of furan rings is 1. The lowest BCUT2D eigenvalue weighted by Crippen LogP contribution is -2.09. The monoisotopic (exact) mass is 643 g/mol. The molecule has 0 aliphatic heterocycles. The summed E-state index contributed by atoms with van der Waals surface area (Å²) in [4.78, 5) is 2.34. The second-order valence-corrected chi connectivity index (χ2v) is 13.5. The van der Waals surface area contributed by atoms with Gasteiger partial charge in [0.05, 0.1) is 0 Å². The van der Waals surface area contributed by atoms with Crippen LogP contribution in [-0.2, 0) is 0 Å². The summed E-state index contributed by atoms with van der Waals surface area (Å²) >= 11 is 1.87. The first-order chi connectivity index (χ1) is 24.3. The Kier molecular flexibility index (Phi) is 6.39. The van der Waals surface area contributed by atoms with Gasteiger partial charge in [0.2, 0.25) is 0 Å². The van der Waals surface area contributed by atoms with E-state index in [2.05, 4.69) is 181 Å². The van der Waals surface area contributed by atoms with Crippen LogP contribution in [0.25, 0.3) is 75.1 Å².